The van der Waals surface area contributed by atoms with E-state index in [2.05, 4.69) is 21.2 Å². The third-order valence-electron chi connectivity index (χ3n) is 3.05. The fourth-order valence-corrected chi connectivity index (χ4v) is 3.92. The smallest absolute Gasteiger partial charge is 0.233 e. The highest BCUT2D eigenvalue weighted by Gasteiger charge is 2.18. The molecule has 2 rings (SSSR count). The van der Waals surface area contributed by atoms with Gasteiger partial charge in [0.1, 0.15) is 5.75 Å². The SMILES string of the molecule is Nc1ccc(S(=O)CC(=O)NC2CCOCC2)c(Br)c1. The number of hydrogen-bond donors (Lipinski definition) is 2. The summed E-state index contributed by atoms with van der Waals surface area (Å²) >= 11 is 3.31. The maximum Gasteiger partial charge on any atom is 0.233 e. The van der Waals surface area contributed by atoms with Crippen molar-refractivity contribution in [3.8, 4) is 0 Å². The molecular formula is C13H17BrN2O3S. The van der Waals surface area contributed by atoms with E-state index in [-0.39, 0.29) is 17.7 Å². The summed E-state index contributed by atoms with van der Waals surface area (Å²) in [5.74, 6) is -0.237. The van der Waals surface area contributed by atoms with Crippen LogP contribution in [0.4, 0.5) is 5.69 Å². The average molecular weight is 361 g/mol. The Hall–Kier alpha value is -0.920. The average Bonchev–Trinajstić information content (AvgIpc) is 2.39. The van der Waals surface area contributed by atoms with Crippen LogP contribution >= 0.6 is 15.9 Å². The first-order valence-corrected chi connectivity index (χ1v) is 8.48. The second-order valence-corrected chi connectivity index (χ2v) is 6.91. The minimum Gasteiger partial charge on any atom is -0.399 e. The lowest BCUT2D eigenvalue weighted by Gasteiger charge is -2.23. The van der Waals surface area contributed by atoms with Crippen LogP contribution in [0.5, 0.6) is 0 Å². The lowest BCUT2D eigenvalue weighted by Crippen LogP contribution is -2.40. The number of ether oxygens (including phenoxy) is 1. The topological polar surface area (TPSA) is 81.4 Å². The number of anilines is 1. The lowest BCUT2D eigenvalue weighted by molar-refractivity contribution is -0.119. The van der Waals surface area contributed by atoms with E-state index in [9.17, 15) is 9.00 Å². The number of carbonyl (C=O) groups is 1. The van der Waals surface area contributed by atoms with Crippen molar-refractivity contribution in [2.24, 2.45) is 0 Å². The number of halogens is 1. The second-order valence-electron chi connectivity index (χ2n) is 4.63. The molecule has 1 aliphatic rings. The van der Waals surface area contributed by atoms with Gasteiger partial charge >= 0.3 is 0 Å². The standard InChI is InChI=1S/C13H17BrN2O3S/c14-11-7-9(15)1-2-12(11)20(18)8-13(17)16-10-3-5-19-6-4-10/h1-2,7,10H,3-6,8,15H2,(H,16,17). The molecule has 1 amide bonds. The monoisotopic (exact) mass is 360 g/mol. The van der Waals surface area contributed by atoms with E-state index >= 15 is 0 Å². The predicted octanol–water partition coefficient (Wildman–Crippen LogP) is 1.43. The maximum atomic E-state index is 12.2. The number of nitrogens with two attached hydrogens (primary N) is 1. The molecule has 0 bridgehead atoms. The molecule has 110 valence electrons. The largest absolute Gasteiger partial charge is 0.399 e. The summed E-state index contributed by atoms with van der Waals surface area (Å²) in [6.45, 7) is 1.33. The summed E-state index contributed by atoms with van der Waals surface area (Å²) in [7, 11) is -1.38. The minimum absolute atomic E-state index is 0.0418. The zero-order valence-electron chi connectivity index (χ0n) is 10.9. The van der Waals surface area contributed by atoms with Crippen molar-refractivity contribution >= 4 is 38.3 Å². The van der Waals surface area contributed by atoms with E-state index in [4.69, 9.17) is 10.5 Å². The Balaban J connectivity index is 1.91. The molecule has 5 nitrogen and oxygen atoms in total. The van der Waals surface area contributed by atoms with Gasteiger partial charge in [0.25, 0.3) is 0 Å². The molecule has 7 heteroatoms. The van der Waals surface area contributed by atoms with Gasteiger partial charge in [-0.1, -0.05) is 0 Å². The molecule has 0 radical (unpaired) electrons. The van der Waals surface area contributed by atoms with Crippen molar-refractivity contribution in [2.75, 3.05) is 24.7 Å². The van der Waals surface area contributed by atoms with E-state index in [0.29, 0.717) is 28.3 Å². The van der Waals surface area contributed by atoms with Crippen LogP contribution in [-0.2, 0) is 20.3 Å². The highest BCUT2D eigenvalue weighted by Crippen LogP contribution is 2.23. The van der Waals surface area contributed by atoms with Crippen LogP contribution in [-0.4, -0.2) is 35.1 Å². The van der Waals surface area contributed by atoms with Crippen molar-refractivity contribution in [1.29, 1.82) is 0 Å². The van der Waals surface area contributed by atoms with Crippen LogP contribution in [0.3, 0.4) is 0 Å². The lowest BCUT2D eigenvalue weighted by atomic mass is 10.1. The summed E-state index contributed by atoms with van der Waals surface area (Å²) < 4.78 is 18.1. The van der Waals surface area contributed by atoms with E-state index in [1.54, 1.807) is 18.2 Å². The molecule has 1 unspecified atom stereocenters. The molecule has 1 atom stereocenters. The van der Waals surface area contributed by atoms with Gasteiger partial charge in [-0.3, -0.25) is 9.00 Å². The number of amides is 1. The molecule has 0 saturated carbocycles. The fourth-order valence-electron chi connectivity index (χ4n) is 2.01. The molecule has 1 fully saturated rings. The molecule has 1 aromatic rings. The van der Waals surface area contributed by atoms with Gasteiger partial charge in [0, 0.05) is 29.4 Å². The number of benzene rings is 1. The Labute approximate surface area is 128 Å². The van der Waals surface area contributed by atoms with Crippen molar-refractivity contribution < 1.29 is 13.7 Å². The van der Waals surface area contributed by atoms with Crippen LogP contribution in [0.15, 0.2) is 27.6 Å². The Kier molecular flexibility index (Phi) is 5.56. The highest BCUT2D eigenvalue weighted by molar-refractivity contribution is 9.10. The normalized spacial score (nSPS) is 17.6. The first-order valence-electron chi connectivity index (χ1n) is 6.37. The van der Waals surface area contributed by atoms with E-state index in [1.165, 1.54) is 0 Å². The van der Waals surface area contributed by atoms with Gasteiger partial charge in [0.15, 0.2) is 0 Å². The van der Waals surface area contributed by atoms with Crippen LogP contribution in [0, 0.1) is 0 Å². The predicted molar refractivity (Wildman–Crippen MR) is 81.8 cm³/mol. The highest BCUT2D eigenvalue weighted by atomic mass is 79.9. The summed E-state index contributed by atoms with van der Waals surface area (Å²) in [4.78, 5) is 12.5. The van der Waals surface area contributed by atoms with Crippen molar-refractivity contribution in [3.05, 3.63) is 22.7 Å². The number of nitrogen functional groups attached to an aromatic ring is 1. The van der Waals surface area contributed by atoms with Crippen LogP contribution in [0.25, 0.3) is 0 Å². The summed E-state index contributed by atoms with van der Waals surface area (Å²) in [5.41, 5.74) is 6.22. The third kappa shape index (κ3) is 4.29. The number of hydrogen-bond acceptors (Lipinski definition) is 4. The Morgan fingerprint density at radius 3 is 2.80 bits per heavy atom. The van der Waals surface area contributed by atoms with E-state index in [0.717, 1.165) is 12.8 Å². The van der Waals surface area contributed by atoms with Gasteiger partial charge in [-0.25, -0.2) is 0 Å². The van der Waals surface area contributed by atoms with Crippen LogP contribution in [0.1, 0.15) is 12.8 Å². The van der Waals surface area contributed by atoms with Crippen molar-refractivity contribution in [3.63, 3.8) is 0 Å². The third-order valence-corrected chi connectivity index (χ3v) is 5.34. The van der Waals surface area contributed by atoms with E-state index in [1.807, 2.05) is 0 Å². The summed E-state index contributed by atoms with van der Waals surface area (Å²) in [5, 5.41) is 2.90. The van der Waals surface area contributed by atoms with Gasteiger partial charge < -0.3 is 15.8 Å². The van der Waals surface area contributed by atoms with Gasteiger partial charge in [0.2, 0.25) is 5.91 Å². The van der Waals surface area contributed by atoms with Crippen molar-refractivity contribution in [2.45, 2.75) is 23.8 Å². The summed E-state index contributed by atoms with van der Waals surface area (Å²) in [6, 6.07) is 5.16. The van der Waals surface area contributed by atoms with Crippen molar-refractivity contribution in [1.82, 2.24) is 5.32 Å². The number of carbonyl (C=O) groups excluding carboxylic acids is 1. The molecular weight excluding hydrogens is 344 g/mol. The number of rotatable bonds is 4. The fraction of sp³-hybridized carbons (Fsp3) is 0.462. The Bertz CT molecular complexity index is 518. The maximum absolute atomic E-state index is 12.2. The molecule has 1 aromatic carbocycles. The Morgan fingerprint density at radius 1 is 1.45 bits per heavy atom. The Morgan fingerprint density at radius 2 is 2.15 bits per heavy atom. The van der Waals surface area contributed by atoms with Crippen LogP contribution in [0.2, 0.25) is 0 Å². The molecule has 0 spiro atoms. The number of nitrogens with one attached hydrogen (secondary N) is 1. The first-order chi connectivity index (χ1) is 9.56. The molecule has 3 N–H and O–H groups in total. The van der Waals surface area contributed by atoms with E-state index < -0.39 is 10.8 Å². The molecule has 1 aliphatic heterocycles. The second kappa shape index (κ2) is 7.19. The van der Waals surface area contributed by atoms with Gasteiger partial charge in [0.05, 0.1) is 15.7 Å². The molecule has 0 aliphatic carbocycles. The van der Waals surface area contributed by atoms with Crippen LogP contribution < -0.4 is 11.1 Å². The zero-order valence-corrected chi connectivity index (χ0v) is 13.3. The quantitative estimate of drug-likeness (QED) is 0.795. The molecule has 20 heavy (non-hydrogen) atoms. The minimum atomic E-state index is -1.38. The van der Waals surface area contributed by atoms with Gasteiger partial charge in [-0.05, 0) is 47.0 Å². The van der Waals surface area contributed by atoms with Gasteiger partial charge in [-0.15, -0.1) is 0 Å². The van der Waals surface area contributed by atoms with Gasteiger partial charge in [-0.2, -0.15) is 0 Å². The first kappa shape index (κ1) is 15.5. The molecule has 1 heterocycles. The summed E-state index contributed by atoms with van der Waals surface area (Å²) in [6.07, 6.45) is 1.62. The molecule has 1 saturated heterocycles. The molecule has 0 aromatic heterocycles. The zero-order chi connectivity index (χ0) is 14.5.